The van der Waals surface area contributed by atoms with Crippen molar-refractivity contribution in [2.45, 2.75) is 13.8 Å². The van der Waals surface area contributed by atoms with Crippen LogP contribution in [0.15, 0.2) is 53.0 Å². The lowest BCUT2D eigenvalue weighted by atomic mass is 9.98. The number of rotatable bonds is 3. The summed E-state index contributed by atoms with van der Waals surface area (Å²) in [6, 6.07) is 16.0. The van der Waals surface area contributed by atoms with Crippen molar-refractivity contribution in [2.24, 2.45) is 5.92 Å². The van der Waals surface area contributed by atoms with Gasteiger partial charge >= 0.3 is 0 Å². The molecule has 0 aliphatic rings. The second kappa shape index (κ2) is 5.49. The van der Waals surface area contributed by atoms with Gasteiger partial charge in [-0.15, -0.1) is 0 Å². The second-order valence-electron chi connectivity index (χ2n) is 4.60. The fraction of sp³-hybridized carbons (Fsp3) is 0.188. The van der Waals surface area contributed by atoms with E-state index in [2.05, 4.69) is 28.1 Å². The lowest BCUT2D eigenvalue weighted by Crippen LogP contribution is -2.06. The van der Waals surface area contributed by atoms with Gasteiger partial charge in [0.05, 0.1) is 0 Å². The molecule has 2 rings (SSSR count). The van der Waals surface area contributed by atoms with Gasteiger partial charge in [-0.05, 0) is 23.3 Å². The highest BCUT2D eigenvalue weighted by atomic mass is 79.9. The first-order chi connectivity index (χ1) is 8.58. The molecular formula is C16H15BrO. The molecular weight excluding hydrogens is 288 g/mol. The summed E-state index contributed by atoms with van der Waals surface area (Å²) in [5.41, 5.74) is 3.07. The zero-order valence-electron chi connectivity index (χ0n) is 10.5. The molecule has 0 unspecified atom stereocenters. The molecule has 0 fully saturated rings. The van der Waals surface area contributed by atoms with Crippen molar-refractivity contribution in [2.75, 3.05) is 0 Å². The van der Waals surface area contributed by atoms with Gasteiger partial charge in [0, 0.05) is 16.0 Å². The maximum Gasteiger partial charge on any atom is 0.165 e. The average Bonchev–Trinajstić information content (AvgIpc) is 2.39. The molecule has 2 aromatic rings. The number of ketones is 1. The van der Waals surface area contributed by atoms with Crippen LogP contribution in [0, 0.1) is 5.92 Å². The van der Waals surface area contributed by atoms with Crippen LogP contribution in [0.25, 0.3) is 11.1 Å². The van der Waals surface area contributed by atoms with Crippen molar-refractivity contribution in [3.63, 3.8) is 0 Å². The molecule has 0 saturated heterocycles. The van der Waals surface area contributed by atoms with Gasteiger partial charge in [0.1, 0.15) is 0 Å². The first-order valence-electron chi connectivity index (χ1n) is 5.98. The number of carbonyl (C=O) groups excluding carboxylic acids is 1. The van der Waals surface area contributed by atoms with Crippen LogP contribution in [-0.2, 0) is 0 Å². The molecule has 0 bridgehead atoms. The maximum absolute atomic E-state index is 11.8. The molecule has 0 amide bonds. The minimum Gasteiger partial charge on any atom is -0.294 e. The van der Waals surface area contributed by atoms with Crippen molar-refractivity contribution in [3.8, 4) is 11.1 Å². The second-order valence-corrected chi connectivity index (χ2v) is 5.52. The normalized spacial score (nSPS) is 10.7. The van der Waals surface area contributed by atoms with Crippen LogP contribution in [-0.4, -0.2) is 5.78 Å². The Kier molecular flexibility index (Phi) is 3.97. The third-order valence-corrected chi connectivity index (χ3v) is 3.40. The van der Waals surface area contributed by atoms with Crippen LogP contribution in [0.5, 0.6) is 0 Å². The number of Topliss-reactive ketones (excluding diaryl/α,β-unsaturated/α-hetero) is 1. The zero-order valence-corrected chi connectivity index (χ0v) is 12.1. The number of benzene rings is 2. The summed E-state index contributed by atoms with van der Waals surface area (Å²) in [6.45, 7) is 3.84. The van der Waals surface area contributed by atoms with Gasteiger partial charge in [0.15, 0.2) is 5.78 Å². The minimum atomic E-state index is 0.0449. The van der Waals surface area contributed by atoms with Gasteiger partial charge in [0.25, 0.3) is 0 Å². The van der Waals surface area contributed by atoms with E-state index >= 15 is 0 Å². The molecule has 18 heavy (non-hydrogen) atoms. The Morgan fingerprint density at radius 1 is 0.889 bits per heavy atom. The highest BCUT2D eigenvalue weighted by Crippen LogP contribution is 2.22. The summed E-state index contributed by atoms with van der Waals surface area (Å²) in [5.74, 6) is 0.237. The smallest absolute Gasteiger partial charge is 0.165 e. The van der Waals surface area contributed by atoms with Crippen LogP contribution < -0.4 is 0 Å². The van der Waals surface area contributed by atoms with Gasteiger partial charge in [0.2, 0.25) is 0 Å². The van der Waals surface area contributed by atoms with Gasteiger partial charge in [-0.25, -0.2) is 0 Å². The fourth-order valence-corrected chi connectivity index (χ4v) is 2.07. The van der Waals surface area contributed by atoms with E-state index in [1.807, 2.05) is 50.2 Å². The molecule has 0 saturated carbocycles. The summed E-state index contributed by atoms with van der Waals surface area (Å²) in [5, 5.41) is 0. The Morgan fingerprint density at radius 2 is 1.33 bits per heavy atom. The van der Waals surface area contributed by atoms with Gasteiger partial charge in [-0.1, -0.05) is 66.2 Å². The van der Waals surface area contributed by atoms with Crippen LogP contribution in [0.1, 0.15) is 24.2 Å². The lowest BCUT2D eigenvalue weighted by Gasteiger charge is -2.06. The Hall–Kier alpha value is -1.41. The van der Waals surface area contributed by atoms with Crippen LogP contribution in [0.2, 0.25) is 0 Å². The first-order valence-corrected chi connectivity index (χ1v) is 6.77. The minimum absolute atomic E-state index is 0.0449. The largest absolute Gasteiger partial charge is 0.294 e. The average molecular weight is 303 g/mol. The molecule has 0 radical (unpaired) electrons. The van der Waals surface area contributed by atoms with Crippen LogP contribution in [0.3, 0.4) is 0 Å². The predicted octanol–water partition coefficient (Wildman–Crippen LogP) is 4.95. The molecule has 92 valence electrons. The van der Waals surface area contributed by atoms with Gasteiger partial charge < -0.3 is 0 Å². The van der Waals surface area contributed by atoms with E-state index in [1.54, 1.807) is 0 Å². The summed E-state index contributed by atoms with van der Waals surface area (Å²) in [4.78, 5) is 11.8. The molecule has 0 spiro atoms. The van der Waals surface area contributed by atoms with Crippen LogP contribution >= 0.6 is 15.9 Å². The number of carbonyl (C=O) groups is 1. The van der Waals surface area contributed by atoms with E-state index in [9.17, 15) is 4.79 Å². The summed E-state index contributed by atoms with van der Waals surface area (Å²) in [6.07, 6.45) is 0. The van der Waals surface area contributed by atoms with Crippen molar-refractivity contribution in [1.29, 1.82) is 0 Å². The SMILES string of the molecule is CC(C)C(=O)c1ccc(-c2ccc(Br)cc2)cc1. The lowest BCUT2D eigenvalue weighted by molar-refractivity contribution is 0.0939. The van der Waals surface area contributed by atoms with E-state index in [1.165, 1.54) is 0 Å². The molecule has 2 aromatic carbocycles. The van der Waals surface area contributed by atoms with Crippen molar-refractivity contribution < 1.29 is 4.79 Å². The molecule has 0 aliphatic heterocycles. The first kappa shape index (κ1) is 13.0. The highest BCUT2D eigenvalue weighted by Gasteiger charge is 2.09. The van der Waals surface area contributed by atoms with E-state index in [-0.39, 0.29) is 11.7 Å². The van der Waals surface area contributed by atoms with E-state index in [0.29, 0.717) is 0 Å². The molecule has 0 N–H and O–H groups in total. The van der Waals surface area contributed by atoms with Crippen molar-refractivity contribution in [1.82, 2.24) is 0 Å². The summed E-state index contributed by atoms with van der Waals surface area (Å²) in [7, 11) is 0. The van der Waals surface area contributed by atoms with E-state index in [0.717, 1.165) is 21.2 Å². The van der Waals surface area contributed by atoms with Crippen LogP contribution in [0.4, 0.5) is 0 Å². The molecule has 1 nitrogen and oxygen atoms in total. The number of hydrogen-bond acceptors (Lipinski definition) is 1. The number of hydrogen-bond donors (Lipinski definition) is 0. The highest BCUT2D eigenvalue weighted by molar-refractivity contribution is 9.10. The molecule has 0 aliphatic carbocycles. The molecule has 0 aromatic heterocycles. The van der Waals surface area contributed by atoms with E-state index < -0.39 is 0 Å². The number of halogens is 1. The van der Waals surface area contributed by atoms with Crippen molar-refractivity contribution in [3.05, 3.63) is 58.6 Å². The zero-order chi connectivity index (χ0) is 13.1. The summed E-state index contributed by atoms with van der Waals surface area (Å²) < 4.78 is 1.07. The third kappa shape index (κ3) is 2.88. The Morgan fingerprint density at radius 3 is 1.78 bits per heavy atom. The third-order valence-electron chi connectivity index (χ3n) is 2.87. The van der Waals surface area contributed by atoms with Gasteiger partial charge in [-0.3, -0.25) is 4.79 Å². The quantitative estimate of drug-likeness (QED) is 0.733. The molecule has 0 atom stereocenters. The Bertz CT molecular complexity index is 538. The van der Waals surface area contributed by atoms with Crippen molar-refractivity contribution >= 4 is 21.7 Å². The van der Waals surface area contributed by atoms with E-state index in [4.69, 9.17) is 0 Å². The Labute approximate surface area is 116 Å². The standard InChI is InChI=1S/C16H15BrO/c1-11(2)16(18)14-5-3-12(4-6-14)13-7-9-15(17)10-8-13/h3-11H,1-2H3. The Balaban J connectivity index is 2.27. The molecule has 2 heteroatoms. The van der Waals surface area contributed by atoms with Gasteiger partial charge in [-0.2, -0.15) is 0 Å². The summed E-state index contributed by atoms with van der Waals surface area (Å²) >= 11 is 3.42. The predicted molar refractivity (Wildman–Crippen MR) is 78.7 cm³/mol. The maximum atomic E-state index is 11.8. The topological polar surface area (TPSA) is 17.1 Å². The fourth-order valence-electron chi connectivity index (χ4n) is 1.80. The monoisotopic (exact) mass is 302 g/mol. The molecule has 0 heterocycles.